The minimum atomic E-state index is -0.762. The van der Waals surface area contributed by atoms with Gasteiger partial charge in [0, 0.05) is 20.1 Å². The number of hydrogen-bond donors (Lipinski definition) is 1. The van der Waals surface area contributed by atoms with Crippen LogP contribution in [0, 0.1) is 0 Å². The predicted octanol–water partition coefficient (Wildman–Crippen LogP) is 4.14. The maximum absolute atomic E-state index is 12.8. The number of fused-ring (bicyclic) bond motifs is 2. The first-order chi connectivity index (χ1) is 17.5. The third-order valence-electron chi connectivity index (χ3n) is 6.67. The van der Waals surface area contributed by atoms with Crippen LogP contribution in [-0.2, 0) is 23.0 Å². The molecule has 1 aliphatic heterocycles. The molecular formula is C29H31N3O4. The molecule has 0 spiro atoms. The van der Waals surface area contributed by atoms with Gasteiger partial charge in [0.15, 0.2) is 0 Å². The van der Waals surface area contributed by atoms with Crippen molar-refractivity contribution in [1.82, 2.24) is 14.5 Å². The van der Waals surface area contributed by atoms with Crippen molar-refractivity contribution in [2.24, 2.45) is 7.05 Å². The number of nitrogens with zero attached hydrogens (tertiary/aromatic N) is 3. The number of aromatic nitrogens is 2. The summed E-state index contributed by atoms with van der Waals surface area (Å²) in [5.74, 6) is 0.401. The van der Waals surface area contributed by atoms with Gasteiger partial charge in [0.05, 0.1) is 24.0 Å². The van der Waals surface area contributed by atoms with Crippen LogP contribution < -0.4 is 4.74 Å². The van der Waals surface area contributed by atoms with Gasteiger partial charge in [-0.3, -0.25) is 4.90 Å². The molecule has 0 radical (unpaired) electrons. The molecule has 0 aliphatic carbocycles. The van der Waals surface area contributed by atoms with E-state index in [0.29, 0.717) is 25.4 Å². The summed E-state index contributed by atoms with van der Waals surface area (Å²) in [6, 6.07) is 21.5. The topological polar surface area (TPSA) is 76.8 Å². The standard InChI is InChI=1S/C29H31N3O4/c1-3-35-29(34)28-25-10-5-4-7-20(25)13-14-32(28)17-23(33)18-36-24-9-6-8-21(15-24)22-11-12-26-27(16-22)31(2)19-30-26/h4-12,15-16,19,23,28,33H,3,13-14,17-18H2,1-2H3. The molecule has 2 heterocycles. The third kappa shape index (κ3) is 4.98. The predicted molar refractivity (Wildman–Crippen MR) is 139 cm³/mol. The molecule has 3 aromatic carbocycles. The van der Waals surface area contributed by atoms with E-state index in [1.165, 1.54) is 0 Å². The van der Waals surface area contributed by atoms with Gasteiger partial charge in [-0.25, -0.2) is 9.78 Å². The number of benzene rings is 3. The summed E-state index contributed by atoms with van der Waals surface area (Å²) in [6.07, 6.45) is 1.87. The molecule has 36 heavy (non-hydrogen) atoms. The Bertz CT molecular complexity index is 1370. The number of rotatable bonds is 8. The number of hydrogen-bond acceptors (Lipinski definition) is 6. The molecule has 7 heteroatoms. The summed E-state index contributed by atoms with van der Waals surface area (Å²) >= 11 is 0. The van der Waals surface area contributed by atoms with Crippen LogP contribution in [0.15, 0.2) is 73.1 Å². The Morgan fingerprint density at radius 2 is 1.94 bits per heavy atom. The average Bonchev–Trinajstić information content (AvgIpc) is 3.27. The number of ether oxygens (including phenoxy) is 2. The van der Waals surface area contributed by atoms with Gasteiger partial charge < -0.3 is 19.1 Å². The van der Waals surface area contributed by atoms with Crippen LogP contribution in [0.5, 0.6) is 5.75 Å². The molecule has 5 rings (SSSR count). The molecular weight excluding hydrogens is 454 g/mol. The summed E-state index contributed by atoms with van der Waals surface area (Å²) in [4.78, 5) is 19.2. The largest absolute Gasteiger partial charge is 0.491 e. The van der Waals surface area contributed by atoms with Gasteiger partial charge in [-0.15, -0.1) is 0 Å². The monoisotopic (exact) mass is 485 g/mol. The number of aryl methyl sites for hydroxylation is 1. The minimum absolute atomic E-state index is 0.123. The van der Waals surface area contributed by atoms with Crippen molar-refractivity contribution >= 4 is 17.0 Å². The molecule has 1 N–H and O–H groups in total. The zero-order chi connectivity index (χ0) is 25.1. The Morgan fingerprint density at radius 3 is 2.81 bits per heavy atom. The van der Waals surface area contributed by atoms with Gasteiger partial charge in [0.1, 0.15) is 24.5 Å². The lowest BCUT2D eigenvalue weighted by molar-refractivity contribution is -0.151. The fourth-order valence-corrected chi connectivity index (χ4v) is 4.90. The van der Waals surface area contributed by atoms with Crippen molar-refractivity contribution in [3.05, 3.63) is 84.2 Å². The maximum atomic E-state index is 12.8. The summed E-state index contributed by atoms with van der Waals surface area (Å²) in [5.41, 5.74) is 6.22. The van der Waals surface area contributed by atoms with E-state index >= 15 is 0 Å². The SMILES string of the molecule is CCOC(=O)C1c2ccccc2CCN1CC(O)COc1cccc(-c2ccc3ncn(C)c3c2)c1. The number of β-amino-alcohol motifs (C(OH)–C–C–N with tert-alkyl or cyclic N) is 1. The molecule has 186 valence electrons. The van der Waals surface area contributed by atoms with Gasteiger partial charge in [0.2, 0.25) is 0 Å². The number of esters is 1. The quantitative estimate of drug-likeness (QED) is 0.378. The first kappa shape index (κ1) is 24.0. The van der Waals surface area contributed by atoms with Crippen molar-refractivity contribution < 1.29 is 19.4 Å². The summed E-state index contributed by atoms with van der Waals surface area (Å²) in [6.45, 7) is 3.24. The normalized spacial score (nSPS) is 16.5. The van der Waals surface area contributed by atoms with Crippen LogP contribution >= 0.6 is 0 Å². The lowest BCUT2D eigenvalue weighted by atomic mass is 9.92. The van der Waals surface area contributed by atoms with E-state index in [0.717, 1.165) is 39.7 Å². The van der Waals surface area contributed by atoms with Gasteiger partial charge >= 0.3 is 5.97 Å². The fraction of sp³-hybridized carbons (Fsp3) is 0.310. The summed E-state index contributed by atoms with van der Waals surface area (Å²) in [7, 11) is 1.98. The fourth-order valence-electron chi connectivity index (χ4n) is 4.90. The van der Waals surface area contributed by atoms with Crippen LogP contribution in [0.3, 0.4) is 0 Å². The number of carbonyl (C=O) groups excluding carboxylic acids is 1. The van der Waals surface area contributed by atoms with Crippen molar-refractivity contribution in [3.63, 3.8) is 0 Å². The van der Waals surface area contributed by atoms with E-state index in [-0.39, 0.29) is 12.6 Å². The maximum Gasteiger partial charge on any atom is 0.328 e. The van der Waals surface area contributed by atoms with Gasteiger partial charge in [-0.1, -0.05) is 42.5 Å². The van der Waals surface area contributed by atoms with Crippen molar-refractivity contribution in [3.8, 4) is 16.9 Å². The first-order valence-electron chi connectivity index (χ1n) is 12.3. The van der Waals surface area contributed by atoms with Crippen LogP contribution in [0.25, 0.3) is 22.2 Å². The summed E-state index contributed by atoms with van der Waals surface area (Å²) < 4.78 is 13.3. The van der Waals surface area contributed by atoms with Crippen molar-refractivity contribution in [1.29, 1.82) is 0 Å². The van der Waals surface area contributed by atoms with Crippen LogP contribution in [0.4, 0.5) is 0 Å². The Hall–Kier alpha value is -3.68. The Morgan fingerprint density at radius 1 is 1.11 bits per heavy atom. The lowest BCUT2D eigenvalue weighted by Crippen LogP contribution is -2.45. The molecule has 7 nitrogen and oxygen atoms in total. The van der Waals surface area contributed by atoms with Gasteiger partial charge in [-0.05, 0) is 59.9 Å². The highest BCUT2D eigenvalue weighted by molar-refractivity contribution is 5.82. The molecule has 0 amide bonds. The number of imidazole rings is 1. The van der Waals surface area contributed by atoms with Gasteiger partial charge in [0.25, 0.3) is 0 Å². The molecule has 1 aromatic heterocycles. The second kappa shape index (κ2) is 10.5. The Labute approximate surface area is 210 Å². The average molecular weight is 486 g/mol. The molecule has 0 saturated carbocycles. The first-order valence-corrected chi connectivity index (χ1v) is 12.3. The van der Waals surface area contributed by atoms with E-state index in [4.69, 9.17) is 9.47 Å². The highest BCUT2D eigenvalue weighted by Crippen LogP contribution is 2.31. The van der Waals surface area contributed by atoms with E-state index in [9.17, 15) is 9.90 Å². The zero-order valence-corrected chi connectivity index (χ0v) is 20.6. The molecule has 2 atom stereocenters. The zero-order valence-electron chi connectivity index (χ0n) is 20.6. The number of aliphatic hydroxyl groups excluding tert-OH is 1. The molecule has 2 unspecified atom stereocenters. The van der Waals surface area contributed by atoms with Crippen molar-refractivity contribution in [2.75, 3.05) is 26.3 Å². The van der Waals surface area contributed by atoms with Crippen molar-refractivity contribution in [2.45, 2.75) is 25.5 Å². The van der Waals surface area contributed by atoms with E-state index in [1.807, 2.05) is 84.4 Å². The van der Waals surface area contributed by atoms with Crippen LogP contribution in [0.1, 0.15) is 24.1 Å². The highest BCUT2D eigenvalue weighted by atomic mass is 16.5. The second-order valence-corrected chi connectivity index (χ2v) is 9.15. The smallest absolute Gasteiger partial charge is 0.328 e. The molecule has 0 fully saturated rings. The third-order valence-corrected chi connectivity index (χ3v) is 6.67. The second-order valence-electron chi connectivity index (χ2n) is 9.15. The van der Waals surface area contributed by atoms with E-state index < -0.39 is 12.1 Å². The summed E-state index contributed by atoms with van der Waals surface area (Å²) in [5, 5.41) is 10.8. The molecule has 0 saturated heterocycles. The van der Waals surface area contributed by atoms with Crippen LogP contribution in [0.2, 0.25) is 0 Å². The van der Waals surface area contributed by atoms with Gasteiger partial charge in [-0.2, -0.15) is 0 Å². The molecule has 4 aromatic rings. The number of aliphatic hydroxyl groups is 1. The Kier molecular flexibility index (Phi) is 7.02. The minimum Gasteiger partial charge on any atom is -0.491 e. The molecule has 1 aliphatic rings. The van der Waals surface area contributed by atoms with E-state index in [2.05, 4.69) is 17.1 Å². The lowest BCUT2D eigenvalue weighted by Gasteiger charge is -2.36. The highest BCUT2D eigenvalue weighted by Gasteiger charge is 2.34. The van der Waals surface area contributed by atoms with E-state index in [1.54, 1.807) is 0 Å². The van der Waals surface area contributed by atoms with Crippen LogP contribution in [-0.4, -0.2) is 57.9 Å². The molecule has 0 bridgehead atoms. The Balaban J connectivity index is 1.26. The number of carbonyl (C=O) groups is 1.